The number of Topliss-reactive ketones (excluding diaryl/α,β-unsaturated/α-hetero) is 1. The van der Waals surface area contributed by atoms with Gasteiger partial charge in [-0.25, -0.2) is 0 Å². The lowest BCUT2D eigenvalue weighted by Gasteiger charge is -2.25. The first-order valence-corrected chi connectivity index (χ1v) is 8.68. The molecule has 1 unspecified atom stereocenters. The Bertz CT molecular complexity index is 441. The minimum Gasteiger partial charge on any atom is -0.385 e. The van der Waals surface area contributed by atoms with Gasteiger partial charge in [-0.05, 0) is 24.5 Å². The van der Waals surface area contributed by atoms with E-state index in [9.17, 15) is 4.79 Å². The fourth-order valence-electron chi connectivity index (χ4n) is 3.23. The standard InChI is InChI=1S/C19H29NO/c1-2-3-4-5-6-7-8-13-19(21)17-14-15-20-18-12-10-9-11-16(17)18/h9-12,17,20H,2-8,13-15H2,1H3. The average molecular weight is 287 g/mol. The zero-order valence-electron chi connectivity index (χ0n) is 13.4. The molecule has 0 radical (unpaired) electrons. The number of benzene rings is 1. The maximum atomic E-state index is 12.5. The van der Waals surface area contributed by atoms with Gasteiger partial charge >= 0.3 is 0 Å². The van der Waals surface area contributed by atoms with Gasteiger partial charge in [0.1, 0.15) is 5.78 Å². The van der Waals surface area contributed by atoms with Gasteiger partial charge in [0.15, 0.2) is 0 Å². The summed E-state index contributed by atoms with van der Waals surface area (Å²) < 4.78 is 0. The van der Waals surface area contributed by atoms with Crippen LogP contribution in [-0.4, -0.2) is 12.3 Å². The average Bonchev–Trinajstić information content (AvgIpc) is 2.53. The number of carbonyl (C=O) groups is 1. The van der Waals surface area contributed by atoms with Crippen LogP contribution in [0.3, 0.4) is 0 Å². The van der Waals surface area contributed by atoms with Crippen LogP contribution in [0, 0.1) is 0 Å². The van der Waals surface area contributed by atoms with Crippen molar-refractivity contribution in [2.45, 2.75) is 70.6 Å². The first kappa shape index (κ1) is 16.1. The summed E-state index contributed by atoms with van der Waals surface area (Å²) in [7, 11) is 0. The molecule has 1 aliphatic rings. The lowest BCUT2D eigenvalue weighted by molar-refractivity contribution is -0.120. The highest BCUT2D eigenvalue weighted by molar-refractivity contribution is 5.88. The normalized spacial score (nSPS) is 17.1. The third-order valence-electron chi connectivity index (χ3n) is 4.50. The van der Waals surface area contributed by atoms with E-state index in [1.165, 1.54) is 44.1 Å². The Morgan fingerprint density at radius 3 is 2.62 bits per heavy atom. The highest BCUT2D eigenvalue weighted by Gasteiger charge is 2.25. The fraction of sp³-hybridized carbons (Fsp3) is 0.632. The topological polar surface area (TPSA) is 29.1 Å². The molecule has 21 heavy (non-hydrogen) atoms. The minimum absolute atomic E-state index is 0.127. The van der Waals surface area contributed by atoms with Crippen molar-refractivity contribution in [3.63, 3.8) is 0 Å². The first-order valence-electron chi connectivity index (χ1n) is 8.68. The van der Waals surface area contributed by atoms with Crippen molar-refractivity contribution in [1.82, 2.24) is 0 Å². The van der Waals surface area contributed by atoms with Gasteiger partial charge in [0, 0.05) is 24.6 Å². The van der Waals surface area contributed by atoms with Gasteiger partial charge in [-0.3, -0.25) is 4.79 Å². The molecular weight excluding hydrogens is 258 g/mol. The van der Waals surface area contributed by atoms with Gasteiger partial charge in [0.05, 0.1) is 0 Å². The van der Waals surface area contributed by atoms with Crippen molar-refractivity contribution in [1.29, 1.82) is 0 Å². The van der Waals surface area contributed by atoms with E-state index < -0.39 is 0 Å². The lowest BCUT2D eigenvalue weighted by Crippen LogP contribution is -2.22. The second-order valence-corrected chi connectivity index (χ2v) is 6.19. The van der Waals surface area contributed by atoms with Crippen LogP contribution in [0.1, 0.15) is 76.2 Å². The van der Waals surface area contributed by atoms with Crippen LogP contribution in [0.4, 0.5) is 5.69 Å². The number of rotatable bonds is 9. The van der Waals surface area contributed by atoms with Crippen molar-refractivity contribution in [2.75, 3.05) is 11.9 Å². The first-order chi connectivity index (χ1) is 10.3. The van der Waals surface area contributed by atoms with Gasteiger partial charge < -0.3 is 5.32 Å². The summed E-state index contributed by atoms with van der Waals surface area (Å²) in [5.41, 5.74) is 2.36. The molecule has 0 aliphatic carbocycles. The Balaban J connectivity index is 1.72. The van der Waals surface area contributed by atoms with Crippen molar-refractivity contribution >= 4 is 11.5 Å². The summed E-state index contributed by atoms with van der Waals surface area (Å²) in [6, 6.07) is 8.27. The molecule has 116 valence electrons. The van der Waals surface area contributed by atoms with E-state index in [0.717, 1.165) is 31.5 Å². The number of carbonyl (C=O) groups excluding carboxylic acids is 1. The molecule has 0 aromatic heterocycles. The second-order valence-electron chi connectivity index (χ2n) is 6.19. The minimum atomic E-state index is 0.127. The van der Waals surface area contributed by atoms with Crippen molar-refractivity contribution in [3.8, 4) is 0 Å². The Labute approximate surface area is 129 Å². The number of anilines is 1. The third-order valence-corrected chi connectivity index (χ3v) is 4.50. The summed E-state index contributed by atoms with van der Waals surface area (Å²) in [5.74, 6) is 0.569. The Morgan fingerprint density at radius 2 is 1.81 bits per heavy atom. The predicted molar refractivity (Wildman–Crippen MR) is 89.9 cm³/mol. The van der Waals surface area contributed by atoms with Crippen LogP contribution in [-0.2, 0) is 4.79 Å². The van der Waals surface area contributed by atoms with Crippen molar-refractivity contribution < 1.29 is 4.79 Å². The molecule has 1 N–H and O–H groups in total. The van der Waals surface area contributed by atoms with Crippen LogP contribution in [0.5, 0.6) is 0 Å². The molecule has 0 saturated carbocycles. The van der Waals surface area contributed by atoms with E-state index in [1.807, 2.05) is 12.1 Å². The summed E-state index contributed by atoms with van der Waals surface area (Å²) in [6.07, 6.45) is 10.6. The molecule has 2 rings (SSSR count). The van der Waals surface area contributed by atoms with Gasteiger partial charge in [0.25, 0.3) is 0 Å². The largest absolute Gasteiger partial charge is 0.385 e. The molecule has 1 heterocycles. The second kappa shape index (κ2) is 8.86. The highest BCUT2D eigenvalue weighted by atomic mass is 16.1. The third kappa shape index (κ3) is 4.87. The van der Waals surface area contributed by atoms with Gasteiger partial charge in [-0.1, -0.05) is 63.6 Å². The molecule has 0 spiro atoms. The maximum Gasteiger partial charge on any atom is 0.140 e. The molecule has 2 nitrogen and oxygen atoms in total. The van der Waals surface area contributed by atoms with Crippen LogP contribution >= 0.6 is 0 Å². The molecule has 0 bridgehead atoms. The van der Waals surface area contributed by atoms with Gasteiger partial charge in [-0.15, -0.1) is 0 Å². The van der Waals surface area contributed by atoms with Gasteiger partial charge in [0.2, 0.25) is 0 Å². The highest BCUT2D eigenvalue weighted by Crippen LogP contribution is 2.33. The molecule has 1 atom stereocenters. The number of hydrogen-bond donors (Lipinski definition) is 1. The predicted octanol–water partition coefficient (Wildman–Crippen LogP) is 5.30. The molecule has 2 heteroatoms. The molecule has 0 saturated heterocycles. The summed E-state index contributed by atoms with van der Waals surface area (Å²) >= 11 is 0. The van der Waals surface area contributed by atoms with Crippen LogP contribution in [0.15, 0.2) is 24.3 Å². The van der Waals surface area contributed by atoms with Gasteiger partial charge in [-0.2, -0.15) is 0 Å². The Hall–Kier alpha value is -1.31. The molecule has 1 aromatic rings. The molecular formula is C19H29NO. The van der Waals surface area contributed by atoms with E-state index in [1.54, 1.807) is 0 Å². The van der Waals surface area contributed by atoms with E-state index in [4.69, 9.17) is 0 Å². The number of unbranched alkanes of at least 4 members (excludes halogenated alkanes) is 6. The summed E-state index contributed by atoms with van der Waals surface area (Å²) in [4.78, 5) is 12.5. The lowest BCUT2D eigenvalue weighted by atomic mass is 9.85. The number of nitrogens with one attached hydrogen (secondary N) is 1. The van der Waals surface area contributed by atoms with E-state index in [-0.39, 0.29) is 5.92 Å². The zero-order valence-corrected chi connectivity index (χ0v) is 13.4. The van der Waals surface area contributed by atoms with Crippen LogP contribution in [0.2, 0.25) is 0 Å². The quantitative estimate of drug-likeness (QED) is 0.625. The van der Waals surface area contributed by atoms with E-state index in [2.05, 4.69) is 24.4 Å². The molecule has 0 amide bonds. The summed E-state index contributed by atoms with van der Waals surface area (Å²) in [5, 5.41) is 3.39. The Kier molecular flexibility index (Phi) is 6.78. The molecule has 0 fully saturated rings. The SMILES string of the molecule is CCCCCCCCCC(=O)C1CCNc2ccccc21. The van der Waals surface area contributed by atoms with Crippen molar-refractivity contribution in [3.05, 3.63) is 29.8 Å². The number of fused-ring (bicyclic) bond motifs is 1. The molecule has 1 aliphatic heterocycles. The molecule has 1 aromatic carbocycles. The summed E-state index contributed by atoms with van der Waals surface area (Å²) in [6.45, 7) is 3.17. The Morgan fingerprint density at radius 1 is 1.10 bits per heavy atom. The monoisotopic (exact) mass is 287 g/mol. The number of para-hydroxylation sites is 1. The van der Waals surface area contributed by atoms with Crippen LogP contribution < -0.4 is 5.32 Å². The fourth-order valence-corrected chi connectivity index (χ4v) is 3.23. The van der Waals surface area contributed by atoms with E-state index >= 15 is 0 Å². The number of ketones is 1. The van der Waals surface area contributed by atoms with Crippen LogP contribution in [0.25, 0.3) is 0 Å². The zero-order chi connectivity index (χ0) is 14.9. The van der Waals surface area contributed by atoms with E-state index in [0.29, 0.717) is 5.78 Å². The van der Waals surface area contributed by atoms with Crippen molar-refractivity contribution in [2.24, 2.45) is 0 Å². The smallest absolute Gasteiger partial charge is 0.140 e. The number of hydrogen-bond acceptors (Lipinski definition) is 2. The maximum absolute atomic E-state index is 12.5.